The molecule has 0 bridgehead atoms. The van der Waals surface area contributed by atoms with Crippen LogP contribution in [0.3, 0.4) is 0 Å². The number of nitrogens with zero attached hydrogens (tertiary/aromatic N) is 1. The Hall–Kier alpha value is -2.77. The van der Waals surface area contributed by atoms with E-state index in [2.05, 4.69) is 5.32 Å². The molecule has 2 aromatic carbocycles. The number of hydrogen-bond acceptors (Lipinski definition) is 5. The van der Waals surface area contributed by atoms with Crippen LogP contribution in [0.5, 0.6) is 5.75 Å². The van der Waals surface area contributed by atoms with Crippen molar-refractivity contribution >= 4 is 35.1 Å². The van der Waals surface area contributed by atoms with Gasteiger partial charge < -0.3 is 10.1 Å². The molecule has 3 rings (SSSR count). The van der Waals surface area contributed by atoms with Gasteiger partial charge in [0.05, 0.1) is 7.11 Å². The molecule has 0 atom stereocenters. The highest BCUT2D eigenvalue weighted by Crippen LogP contribution is 2.31. The number of carbonyl (C=O) groups is 1. The molecule has 0 saturated heterocycles. The maximum atomic E-state index is 12.6. The molecule has 0 unspecified atom stereocenters. The van der Waals surface area contributed by atoms with Gasteiger partial charge >= 0.3 is 0 Å². The second-order valence-electron chi connectivity index (χ2n) is 6.23. The van der Waals surface area contributed by atoms with Crippen molar-refractivity contribution in [1.82, 2.24) is 4.57 Å². The SMILES string of the molecule is COc1ccccc1-c1cc(=O)n(CCC(=O)Nc2cccc(C)c2)c(=S)s1. The predicted molar refractivity (Wildman–Crippen MR) is 116 cm³/mol. The minimum Gasteiger partial charge on any atom is -0.496 e. The van der Waals surface area contributed by atoms with Crippen LogP contribution in [-0.4, -0.2) is 17.6 Å². The Balaban J connectivity index is 1.76. The van der Waals surface area contributed by atoms with Crippen LogP contribution in [0.4, 0.5) is 5.69 Å². The summed E-state index contributed by atoms with van der Waals surface area (Å²) in [5.41, 5.74) is 2.40. The number of anilines is 1. The van der Waals surface area contributed by atoms with Gasteiger partial charge in [-0.05, 0) is 49.0 Å². The molecule has 144 valence electrons. The molecule has 1 amide bonds. The van der Waals surface area contributed by atoms with Gasteiger partial charge in [-0.25, -0.2) is 0 Å². The van der Waals surface area contributed by atoms with Crippen molar-refractivity contribution in [2.45, 2.75) is 19.9 Å². The summed E-state index contributed by atoms with van der Waals surface area (Å²) in [6.45, 7) is 2.20. The number of ether oxygens (including phenoxy) is 1. The van der Waals surface area contributed by atoms with E-state index in [4.69, 9.17) is 17.0 Å². The average molecular weight is 413 g/mol. The quantitative estimate of drug-likeness (QED) is 0.599. The van der Waals surface area contributed by atoms with Crippen molar-refractivity contribution in [3.8, 4) is 16.2 Å². The third kappa shape index (κ3) is 4.74. The van der Waals surface area contributed by atoms with Crippen LogP contribution < -0.4 is 15.6 Å². The molecule has 1 aromatic heterocycles. The van der Waals surface area contributed by atoms with Gasteiger partial charge in [-0.2, -0.15) is 0 Å². The summed E-state index contributed by atoms with van der Waals surface area (Å²) in [5.74, 6) is 0.522. The van der Waals surface area contributed by atoms with E-state index >= 15 is 0 Å². The van der Waals surface area contributed by atoms with Gasteiger partial charge in [-0.15, -0.1) is 11.3 Å². The molecule has 0 saturated carbocycles. The maximum Gasteiger partial charge on any atom is 0.253 e. The van der Waals surface area contributed by atoms with Crippen LogP contribution in [0.2, 0.25) is 0 Å². The van der Waals surface area contributed by atoms with E-state index in [9.17, 15) is 9.59 Å². The molecule has 7 heteroatoms. The minimum atomic E-state index is -0.229. The van der Waals surface area contributed by atoms with E-state index in [0.29, 0.717) is 9.70 Å². The van der Waals surface area contributed by atoms with Crippen LogP contribution in [0.25, 0.3) is 10.4 Å². The lowest BCUT2D eigenvalue weighted by molar-refractivity contribution is -0.116. The van der Waals surface area contributed by atoms with Gasteiger partial charge in [0.25, 0.3) is 5.56 Å². The molecule has 28 heavy (non-hydrogen) atoms. The smallest absolute Gasteiger partial charge is 0.253 e. The Bertz CT molecular complexity index is 1090. The van der Waals surface area contributed by atoms with Gasteiger partial charge in [-0.3, -0.25) is 14.2 Å². The first kappa shape index (κ1) is 20.0. The maximum absolute atomic E-state index is 12.6. The second-order valence-corrected chi connectivity index (χ2v) is 7.91. The molecule has 0 radical (unpaired) electrons. The molecule has 0 spiro atoms. The Kier molecular flexibility index (Phi) is 6.38. The number of nitrogens with one attached hydrogen (secondary N) is 1. The molecule has 0 aliphatic rings. The van der Waals surface area contributed by atoms with Crippen LogP contribution in [0.15, 0.2) is 59.4 Å². The van der Waals surface area contributed by atoms with Crippen LogP contribution in [0.1, 0.15) is 12.0 Å². The number of hydrogen-bond donors (Lipinski definition) is 1. The molecule has 0 aliphatic carbocycles. The number of rotatable bonds is 6. The number of benzene rings is 2. The normalized spacial score (nSPS) is 10.5. The lowest BCUT2D eigenvalue weighted by atomic mass is 10.1. The molecule has 0 fully saturated rings. The van der Waals surface area contributed by atoms with Crippen molar-refractivity contribution in [2.75, 3.05) is 12.4 Å². The van der Waals surface area contributed by atoms with Crippen molar-refractivity contribution in [1.29, 1.82) is 0 Å². The number of methoxy groups -OCH3 is 1. The number of aromatic nitrogens is 1. The van der Waals surface area contributed by atoms with Crippen LogP contribution in [-0.2, 0) is 11.3 Å². The fourth-order valence-electron chi connectivity index (χ4n) is 2.80. The Morgan fingerprint density at radius 3 is 2.68 bits per heavy atom. The molecular formula is C21H20N2O3S2. The lowest BCUT2D eigenvalue weighted by Gasteiger charge is -2.10. The number of aryl methyl sites for hydroxylation is 1. The van der Waals surface area contributed by atoms with E-state index < -0.39 is 0 Å². The summed E-state index contributed by atoms with van der Waals surface area (Å²) in [6.07, 6.45) is 0.165. The van der Waals surface area contributed by atoms with Crippen LogP contribution >= 0.6 is 23.6 Å². The first-order valence-electron chi connectivity index (χ1n) is 8.73. The van der Waals surface area contributed by atoms with Gasteiger partial charge in [0.15, 0.2) is 3.95 Å². The zero-order chi connectivity index (χ0) is 20.1. The summed E-state index contributed by atoms with van der Waals surface area (Å²) in [6, 6.07) is 16.6. The third-order valence-electron chi connectivity index (χ3n) is 4.17. The lowest BCUT2D eigenvalue weighted by Crippen LogP contribution is -2.22. The minimum absolute atomic E-state index is 0.161. The zero-order valence-electron chi connectivity index (χ0n) is 15.6. The Labute approximate surface area is 172 Å². The summed E-state index contributed by atoms with van der Waals surface area (Å²) >= 11 is 6.74. The van der Waals surface area contributed by atoms with Gasteiger partial charge in [0, 0.05) is 35.2 Å². The fourth-order valence-corrected chi connectivity index (χ4v) is 4.17. The molecule has 5 nitrogen and oxygen atoms in total. The van der Waals surface area contributed by atoms with E-state index in [0.717, 1.165) is 21.7 Å². The van der Waals surface area contributed by atoms with Gasteiger partial charge in [0.1, 0.15) is 5.75 Å². The second kappa shape index (κ2) is 8.95. The van der Waals surface area contributed by atoms with Crippen LogP contribution in [0, 0.1) is 10.9 Å². The summed E-state index contributed by atoms with van der Waals surface area (Å²) in [7, 11) is 1.59. The van der Waals surface area contributed by atoms with E-state index in [1.165, 1.54) is 22.0 Å². The third-order valence-corrected chi connectivity index (χ3v) is 5.60. The van der Waals surface area contributed by atoms with E-state index in [-0.39, 0.29) is 24.4 Å². The largest absolute Gasteiger partial charge is 0.496 e. The number of para-hydroxylation sites is 1. The highest BCUT2D eigenvalue weighted by atomic mass is 32.1. The first-order valence-corrected chi connectivity index (χ1v) is 9.95. The predicted octanol–water partition coefficient (Wildman–Crippen LogP) is 4.65. The van der Waals surface area contributed by atoms with Crippen molar-refractivity contribution in [2.24, 2.45) is 0 Å². The number of carbonyl (C=O) groups excluding carboxylic acids is 1. The topological polar surface area (TPSA) is 60.3 Å². The molecule has 1 N–H and O–H groups in total. The Morgan fingerprint density at radius 1 is 1.18 bits per heavy atom. The summed E-state index contributed by atoms with van der Waals surface area (Å²) < 4.78 is 7.25. The zero-order valence-corrected chi connectivity index (χ0v) is 17.2. The van der Waals surface area contributed by atoms with Crippen molar-refractivity contribution in [3.63, 3.8) is 0 Å². The monoisotopic (exact) mass is 412 g/mol. The van der Waals surface area contributed by atoms with Crippen molar-refractivity contribution in [3.05, 3.63) is 74.5 Å². The molecule has 3 aromatic rings. The highest BCUT2D eigenvalue weighted by molar-refractivity contribution is 7.73. The standard InChI is InChI=1S/C21H20N2O3S2/c1-14-6-5-7-15(12-14)22-19(24)10-11-23-20(25)13-18(28-21(23)27)16-8-3-4-9-17(16)26-2/h3-9,12-13H,10-11H2,1-2H3,(H,22,24). The first-order chi connectivity index (χ1) is 13.5. The molecule has 0 aliphatic heterocycles. The van der Waals surface area contributed by atoms with Crippen molar-refractivity contribution < 1.29 is 9.53 Å². The van der Waals surface area contributed by atoms with Gasteiger partial charge in [-0.1, -0.05) is 24.3 Å². The Morgan fingerprint density at radius 2 is 1.96 bits per heavy atom. The van der Waals surface area contributed by atoms with E-state index in [1.807, 2.05) is 55.5 Å². The summed E-state index contributed by atoms with van der Waals surface area (Å²) in [4.78, 5) is 25.5. The van der Waals surface area contributed by atoms with Gasteiger partial charge in [0.2, 0.25) is 5.91 Å². The number of amides is 1. The van der Waals surface area contributed by atoms with E-state index in [1.54, 1.807) is 7.11 Å². The fraction of sp³-hybridized carbons (Fsp3) is 0.190. The molecule has 1 heterocycles. The highest BCUT2D eigenvalue weighted by Gasteiger charge is 2.11. The molecular weight excluding hydrogens is 392 g/mol. The average Bonchev–Trinajstić information content (AvgIpc) is 2.67. The summed E-state index contributed by atoms with van der Waals surface area (Å²) in [5, 5.41) is 2.84.